The highest BCUT2D eigenvalue weighted by Gasteiger charge is 2.23. The number of likely N-dealkylation sites (N-methyl/N-ethyl adjacent to an activating group) is 1. The largest absolute Gasteiger partial charge is 0.497 e. The molecular formula is C26H35N5O3. The van der Waals surface area contributed by atoms with E-state index in [0.29, 0.717) is 17.4 Å². The van der Waals surface area contributed by atoms with Crippen LogP contribution in [-0.2, 0) is 18.2 Å². The normalized spacial score (nSPS) is 14.7. The van der Waals surface area contributed by atoms with Crippen LogP contribution in [0, 0.1) is 5.92 Å². The molecular weight excluding hydrogens is 430 g/mol. The minimum absolute atomic E-state index is 0.380. The molecule has 0 radical (unpaired) electrons. The van der Waals surface area contributed by atoms with E-state index in [1.807, 2.05) is 6.07 Å². The van der Waals surface area contributed by atoms with Crippen LogP contribution in [0.1, 0.15) is 35.7 Å². The van der Waals surface area contributed by atoms with Gasteiger partial charge in [0.1, 0.15) is 5.75 Å². The molecule has 1 aliphatic heterocycles. The van der Waals surface area contributed by atoms with E-state index in [-0.39, 0.29) is 0 Å². The van der Waals surface area contributed by atoms with Crippen LogP contribution in [0.15, 0.2) is 36.8 Å². The molecule has 0 aliphatic carbocycles. The SMILES string of the molecule is CCN(CCc1cn(C)c2cc(OC)ccc12)CC1CCN(c2ncc(C(=O)OC)cn2)CC1. The fourth-order valence-electron chi connectivity index (χ4n) is 4.82. The molecule has 182 valence electrons. The number of piperidine rings is 1. The van der Waals surface area contributed by atoms with E-state index in [9.17, 15) is 4.79 Å². The third-order valence-electron chi connectivity index (χ3n) is 6.90. The molecule has 1 saturated heterocycles. The highest BCUT2D eigenvalue weighted by molar-refractivity contribution is 5.88. The maximum atomic E-state index is 11.6. The van der Waals surface area contributed by atoms with Crippen molar-refractivity contribution in [2.24, 2.45) is 13.0 Å². The van der Waals surface area contributed by atoms with Gasteiger partial charge in [0.25, 0.3) is 0 Å². The fraction of sp³-hybridized carbons (Fsp3) is 0.500. The average Bonchev–Trinajstić information content (AvgIpc) is 3.21. The van der Waals surface area contributed by atoms with Gasteiger partial charge in [-0.3, -0.25) is 0 Å². The Morgan fingerprint density at radius 2 is 1.91 bits per heavy atom. The van der Waals surface area contributed by atoms with Crippen molar-refractivity contribution in [3.05, 3.63) is 47.9 Å². The molecule has 3 aromatic rings. The average molecular weight is 466 g/mol. The number of esters is 1. The molecule has 34 heavy (non-hydrogen) atoms. The summed E-state index contributed by atoms with van der Waals surface area (Å²) in [6.07, 6.45) is 8.61. The Balaban J connectivity index is 1.29. The molecule has 0 spiro atoms. The topological polar surface area (TPSA) is 72.7 Å². The number of benzene rings is 1. The van der Waals surface area contributed by atoms with E-state index >= 15 is 0 Å². The van der Waals surface area contributed by atoms with Crippen LogP contribution in [0.4, 0.5) is 5.95 Å². The van der Waals surface area contributed by atoms with Crippen molar-refractivity contribution in [3.8, 4) is 5.75 Å². The monoisotopic (exact) mass is 465 g/mol. The summed E-state index contributed by atoms with van der Waals surface area (Å²) in [5.41, 5.74) is 2.98. The Kier molecular flexibility index (Phi) is 7.67. The number of hydrogen-bond acceptors (Lipinski definition) is 7. The first-order chi connectivity index (χ1) is 16.5. The molecule has 4 rings (SSSR count). The number of aromatic nitrogens is 3. The van der Waals surface area contributed by atoms with Crippen molar-refractivity contribution in [2.45, 2.75) is 26.2 Å². The maximum Gasteiger partial charge on any atom is 0.341 e. The van der Waals surface area contributed by atoms with Crippen LogP contribution in [0.2, 0.25) is 0 Å². The van der Waals surface area contributed by atoms with Crippen molar-refractivity contribution in [1.29, 1.82) is 0 Å². The minimum Gasteiger partial charge on any atom is -0.497 e. The van der Waals surface area contributed by atoms with Gasteiger partial charge in [-0.15, -0.1) is 0 Å². The summed E-state index contributed by atoms with van der Waals surface area (Å²) >= 11 is 0. The zero-order valence-electron chi connectivity index (χ0n) is 20.7. The van der Waals surface area contributed by atoms with Gasteiger partial charge < -0.3 is 23.8 Å². The standard InChI is InChI=1S/C26H35N5O3/c1-5-30(11-10-20-18-29(2)24-14-22(33-3)6-7-23(20)24)17-19-8-12-31(13-9-19)26-27-15-21(16-28-26)25(32)34-4/h6-7,14-16,18-19H,5,8-13,17H2,1-4H3. The van der Waals surface area contributed by atoms with Gasteiger partial charge in [0.2, 0.25) is 5.95 Å². The number of ether oxygens (including phenoxy) is 2. The van der Waals surface area contributed by atoms with E-state index in [0.717, 1.165) is 57.7 Å². The van der Waals surface area contributed by atoms with Gasteiger partial charge in [-0.2, -0.15) is 0 Å². The van der Waals surface area contributed by atoms with E-state index in [1.165, 1.54) is 23.6 Å². The summed E-state index contributed by atoms with van der Waals surface area (Å²) in [6.45, 7) is 7.34. The molecule has 0 amide bonds. The number of carbonyl (C=O) groups is 1. The third kappa shape index (κ3) is 5.33. The van der Waals surface area contributed by atoms with Gasteiger partial charge in [0.15, 0.2) is 0 Å². The summed E-state index contributed by atoms with van der Waals surface area (Å²) in [6, 6.07) is 6.33. The third-order valence-corrected chi connectivity index (χ3v) is 6.90. The second-order valence-electron chi connectivity index (χ2n) is 8.99. The van der Waals surface area contributed by atoms with Crippen LogP contribution < -0.4 is 9.64 Å². The molecule has 0 unspecified atom stereocenters. The lowest BCUT2D eigenvalue weighted by molar-refractivity contribution is 0.0599. The van der Waals surface area contributed by atoms with Crippen molar-refractivity contribution in [1.82, 2.24) is 19.4 Å². The Bertz CT molecular complexity index is 1100. The molecule has 3 heterocycles. The molecule has 1 aromatic carbocycles. The first kappa shape index (κ1) is 24.0. The van der Waals surface area contributed by atoms with Crippen LogP contribution in [0.3, 0.4) is 0 Å². The lowest BCUT2D eigenvalue weighted by Gasteiger charge is -2.34. The molecule has 0 atom stereocenters. The highest BCUT2D eigenvalue weighted by atomic mass is 16.5. The molecule has 0 N–H and O–H groups in total. The van der Waals surface area contributed by atoms with Crippen molar-refractivity contribution in [2.75, 3.05) is 51.8 Å². The quantitative estimate of drug-likeness (QED) is 0.448. The summed E-state index contributed by atoms with van der Waals surface area (Å²) in [4.78, 5) is 25.1. The maximum absolute atomic E-state index is 11.6. The Morgan fingerprint density at radius 3 is 2.56 bits per heavy atom. The first-order valence-electron chi connectivity index (χ1n) is 12.0. The lowest BCUT2D eigenvalue weighted by atomic mass is 9.96. The molecule has 1 fully saturated rings. The molecule has 8 nitrogen and oxygen atoms in total. The number of methoxy groups -OCH3 is 2. The highest BCUT2D eigenvalue weighted by Crippen LogP contribution is 2.26. The number of hydrogen-bond donors (Lipinski definition) is 0. The van der Waals surface area contributed by atoms with Crippen LogP contribution in [-0.4, -0.2) is 72.3 Å². The van der Waals surface area contributed by atoms with Crippen LogP contribution >= 0.6 is 0 Å². The smallest absolute Gasteiger partial charge is 0.341 e. The summed E-state index contributed by atoms with van der Waals surface area (Å²) < 4.78 is 12.3. The van der Waals surface area contributed by atoms with Gasteiger partial charge in [0, 0.05) is 63.3 Å². The van der Waals surface area contributed by atoms with Gasteiger partial charge in [-0.05, 0) is 49.4 Å². The van der Waals surface area contributed by atoms with E-state index in [4.69, 9.17) is 9.47 Å². The zero-order valence-corrected chi connectivity index (χ0v) is 20.7. The predicted octanol–water partition coefficient (Wildman–Crippen LogP) is 3.54. The van der Waals surface area contributed by atoms with Gasteiger partial charge >= 0.3 is 5.97 Å². The first-order valence-corrected chi connectivity index (χ1v) is 12.0. The summed E-state index contributed by atoms with van der Waals surface area (Å²) in [5.74, 6) is 1.84. The molecule has 0 saturated carbocycles. The van der Waals surface area contributed by atoms with E-state index < -0.39 is 5.97 Å². The number of fused-ring (bicyclic) bond motifs is 1. The number of nitrogens with zero attached hydrogens (tertiary/aromatic N) is 5. The predicted molar refractivity (Wildman–Crippen MR) is 134 cm³/mol. The summed E-state index contributed by atoms with van der Waals surface area (Å²) in [7, 11) is 5.17. The molecule has 8 heteroatoms. The van der Waals surface area contributed by atoms with Gasteiger partial charge in [-0.1, -0.05) is 6.92 Å². The van der Waals surface area contributed by atoms with Gasteiger partial charge in [0.05, 0.1) is 25.3 Å². The lowest BCUT2D eigenvalue weighted by Crippen LogP contribution is -2.40. The number of aryl methyl sites for hydroxylation is 1. The van der Waals surface area contributed by atoms with E-state index in [1.54, 1.807) is 19.5 Å². The molecule has 1 aliphatic rings. The molecule has 2 aromatic heterocycles. The Morgan fingerprint density at radius 1 is 1.18 bits per heavy atom. The minimum atomic E-state index is -0.409. The van der Waals surface area contributed by atoms with Crippen molar-refractivity contribution in [3.63, 3.8) is 0 Å². The Labute approximate surface area is 201 Å². The van der Waals surface area contributed by atoms with Gasteiger partial charge in [-0.25, -0.2) is 14.8 Å². The van der Waals surface area contributed by atoms with Crippen LogP contribution in [0.5, 0.6) is 5.75 Å². The molecule has 0 bridgehead atoms. The van der Waals surface area contributed by atoms with E-state index in [2.05, 4.69) is 56.6 Å². The number of rotatable bonds is 9. The van der Waals surface area contributed by atoms with Crippen LogP contribution in [0.25, 0.3) is 10.9 Å². The summed E-state index contributed by atoms with van der Waals surface area (Å²) in [5, 5.41) is 1.31. The Hall–Kier alpha value is -3.13. The second-order valence-corrected chi connectivity index (χ2v) is 8.99. The zero-order chi connectivity index (χ0) is 24.1. The number of anilines is 1. The fourth-order valence-corrected chi connectivity index (χ4v) is 4.82. The van der Waals surface area contributed by atoms with Crippen molar-refractivity contribution < 1.29 is 14.3 Å². The second kappa shape index (κ2) is 10.9. The van der Waals surface area contributed by atoms with Crippen molar-refractivity contribution >= 4 is 22.8 Å². The number of carbonyl (C=O) groups excluding carboxylic acids is 1.